The van der Waals surface area contributed by atoms with Crippen molar-refractivity contribution in [3.63, 3.8) is 0 Å². The van der Waals surface area contributed by atoms with Crippen molar-refractivity contribution in [2.24, 2.45) is 0 Å². The molecule has 3 amide bonds. The first-order valence-electron chi connectivity index (χ1n) is 16.5. The Hall–Kier alpha value is -5.20. The lowest BCUT2D eigenvalue weighted by Gasteiger charge is -2.30. The number of pyridine rings is 2. The number of para-hydroxylation sites is 1. The van der Waals surface area contributed by atoms with Gasteiger partial charge < -0.3 is 29.9 Å². The second-order valence-corrected chi connectivity index (χ2v) is 12.8. The molecule has 5 aromatic rings. The molecule has 53 heavy (non-hydrogen) atoms. The summed E-state index contributed by atoms with van der Waals surface area (Å²) < 4.78 is 11.8. The number of aromatic nitrogens is 2. The highest BCUT2D eigenvalue weighted by atomic mass is 35.5. The first kappa shape index (κ1) is 39.0. The smallest absolute Gasteiger partial charge is 0.255 e. The van der Waals surface area contributed by atoms with Crippen LogP contribution >= 0.6 is 35.6 Å². The minimum Gasteiger partial charge on any atom is -0.487 e. The van der Waals surface area contributed by atoms with Gasteiger partial charge in [0.1, 0.15) is 17.9 Å². The van der Waals surface area contributed by atoms with Gasteiger partial charge in [-0.05, 0) is 67.1 Å². The number of halogens is 3. The average molecular weight is 776 g/mol. The number of rotatable bonds is 11. The molecule has 0 saturated carbocycles. The van der Waals surface area contributed by atoms with Gasteiger partial charge >= 0.3 is 0 Å². The summed E-state index contributed by atoms with van der Waals surface area (Å²) in [7, 11) is 1.57. The van der Waals surface area contributed by atoms with E-state index in [1.54, 1.807) is 74.0 Å². The number of anilines is 3. The monoisotopic (exact) mass is 774 g/mol. The number of aryl methyl sites for hydroxylation is 1. The van der Waals surface area contributed by atoms with Gasteiger partial charge in [-0.3, -0.25) is 19.4 Å². The van der Waals surface area contributed by atoms with Gasteiger partial charge in [0.05, 0.1) is 30.5 Å². The summed E-state index contributed by atoms with van der Waals surface area (Å²) >= 11 is 13.4. The Balaban J connectivity index is 0.00000541. The maximum atomic E-state index is 13.1. The van der Waals surface area contributed by atoms with Crippen molar-refractivity contribution >= 4 is 87.4 Å². The maximum absolute atomic E-state index is 13.1. The third kappa shape index (κ3) is 9.62. The number of carbonyl (C=O) groups is 3. The number of nitrogens with zero attached hydrogens (tertiary/aromatic N) is 4. The van der Waals surface area contributed by atoms with Gasteiger partial charge in [0.25, 0.3) is 5.91 Å². The molecule has 14 heteroatoms. The van der Waals surface area contributed by atoms with Crippen LogP contribution in [0.2, 0.25) is 10.0 Å². The van der Waals surface area contributed by atoms with Crippen molar-refractivity contribution in [3.05, 3.63) is 124 Å². The Labute approximate surface area is 323 Å². The lowest BCUT2D eigenvalue weighted by molar-refractivity contribution is -0.122. The fourth-order valence-electron chi connectivity index (χ4n) is 5.67. The summed E-state index contributed by atoms with van der Waals surface area (Å²) in [5.74, 6) is -0.520. The Morgan fingerprint density at radius 3 is 2.47 bits per heavy atom. The van der Waals surface area contributed by atoms with E-state index in [0.717, 1.165) is 40.9 Å². The van der Waals surface area contributed by atoms with Gasteiger partial charge in [-0.25, -0.2) is 4.98 Å². The lowest BCUT2D eigenvalue weighted by Crippen LogP contribution is -2.37. The number of carbonyl (C=O) groups excluding carboxylic acids is 3. The Kier molecular flexibility index (Phi) is 13.3. The van der Waals surface area contributed by atoms with Crippen LogP contribution in [-0.4, -0.2) is 67.6 Å². The number of morpholine rings is 1. The zero-order valence-corrected chi connectivity index (χ0v) is 31.3. The number of benzene rings is 3. The quantitative estimate of drug-likeness (QED) is 0.136. The Morgan fingerprint density at radius 1 is 1.00 bits per heavy atom. The van der Waals surface area contributed by atoms with E-state index in [1.807, 2.05) is 25.1 Å². The molecule has 0 bridgehead atoms. The van der Waals surface area contributed by atoms with E-state index in [4.69, 9.17) is 37.7 Å². The molecule has 0 unspecified atom stereocenters. The van der Waals surface area contributed by atoms with Gasteiger partial charge in [0.2, 0.25) is 11.8 Å². The highest BCUT2D eigenvalue weighted by molar-refractivity contribution is 6.38. The van der Waals surface area contributed by atoms with Crippen LogP contribution in [0.25, 0.3) is 17.0 Å². The van der Waals surface area contributed by atoms with Crippen molar-refractivity contribution < 1.29 is 23.9 Å². The molecule has 0 spiro atoms. The molecule has 0 aliphatic carbocycles. The van der Waals surface area contributed by atoms with E-state index < -0.39 is 11.8 Å². The highest BCUT2D eigenvalue weighted by Crippen LogP contribution is 2.37. The minimum absolute atomic E-state index is 0. The molecule has 2 aromatic heterocycles. The minimum atomic E-state index is -0.455. The van der Waals surface area contributed by atoms with Crippen molar-refractivity contribution in [2.75, 3.05) is 55.0 Å². The third-order valence-corrected chi connectivity index (χ3v) is 9.26. The van der Waals surface area contributed by atoms with Crippen molar-refractivity contribution in [1.82, 2.24) is 15.3 Å². The molecule has 274 valence electrons. The van der Waals surface area contributed by atoms with E-state index in [0.29, 0.717) is 46.5 Å². The second-order valence-electron chi connectivity index (χ2n) is 12.0. The lowest BCUT2D eigenvalue weighted by atomic mass is 10.1. The maximum Gasteiger partial charge on any atom is 0.255 e. The van der Waals surface area contributed by atoms with Crippen molar-refractivity contribution in [1.29, 1.82) is 0 Å². The first-order valence-corrected chi connectivity index (χ1v) is 17.3. The Bertz CT molecular complexity index is 2130. The molecule has 3 heterocycles. The van der Waals surface area contributed by atoms with Crippen molar-refractivity contribution in [3.8, 4) is 5.75 Å². The molecule has 6 rings (SSSR count). The average Bonchev–Trinajstić information content (AvgIpc) is 3.16. The van der Waals surface area contributed by atoms with E-state index in [-0.39, 0.29) is 36.5 Å². The predicted octanol–water partition coefficient (Wildman–Crippen LogP) is 7.13. The van der Waals surface area contributed by atoms with Gasteiger partial charge in [0.15, 0.2) is 0 Å². The number of hydrogen-bond acceptors (Lipinski definition) is 8. The molecule has 11 nitrogen and oxygen atoms in total. The molecule has 1 saturated heterocycles. The summed E-state index contributed by atoms with van der Waals surface area (Å²) in [6.07, 6.45) is 6.03. The van der Waals surface area contributed by atoms with E-state index >= 15 is 0 Å². The van der Waals surface area contributed by atoms with E-state index in [2.05, 4.69) is 26.6 Å². The summed E-state index contributed by atoms with van der Waals surface area (Å²) in [6.45, 7) is 4.64. The molecule has 0 atom stereocenters. The summed E-state index contributed by atoms with van der Waals surface area (Å²) in [5, 5.41) is 7.03. The largest absolute Gasteiger partial charge is 0.487 e. The number of fused-ring (bicyclic) bond motifs is 1. The Morgan fingerprint density at radius 2 is 1.74 bits per heavy atom. The van der Waals surface area contributed by atoms with Crippen LogP contribution in [0.4, 0.5) is 17.1 Å². The number of likely N-dealkylation sites (N-methyl/N-ethyl adjacent to an activating group) is 1. The molecule has 3 aromatic carbocycles. The fourth-order valence-corrected chi connectivity index (χ4v) is 6.27. The van der Waals surface area contributed by atoms with E-state index in [9.17, 15) is 14.4 Å². The van der Waals surface area contributed by atoms with Crippen LogP contribution in [0, 0.1) is 6.92 Å². The van der Waals surface area contributed by atoms with Gasteiger partial charge in [-0.1, -0.05) is 47.5 Å². The van der Waals surface area contributed by atoms with E-state index in [1.165, 1.54) is 11.0 Å². The van der Waals surface area contributed by atoms with Crippen LogP contribution in [0.5, 0.6) is 5.75 Å². The first-order chi connectivity index (χ1) is 25.2. The zero-order chi connectivity index (χ0) is 36.6. The van der Waals surface area contributed by atoms with Gasteiger partial charge in [-0.15, -0.1) is 12.4 Å². The SMILES string of the molecule is Cc1cc(N2CCOCC2)c2cccc(OCc3c(Cl)ccc(N(C)C(=O)CNC(=O)/C=C/c4ccc(NC(=O)c5ccncc5)cc4)c3Cl)c2n1.Cl. The predicted molar refractivity (Wildman–Crippen MR) is 212 cm³/mol. The van der Waals surface area contributed by atoms with Crippen LogP contribution in [0.15, 0.2) is 91.3 Å². The number of ether oxygens (including phenoxy) is 2. The molecular formula is C39H37Cl3N6O5. The molecular weight excluding hydrogens is 739 g/mol. The van der Waals surface area contributed by atoms with Crippen LogP contribution < -0.4 is 25.2 Å². The molecule has 1 aliphatic heterocycles. The third-order valence-electron chi connectivity index (χ3n) is 8.49. The standard InChI is InChI=1S/C39H36Cl2N6O5.ClH/c1-25-22-33(47-18-20-51-21-19-47)29-4-3-5-34(38(29)44-25)52-24-30-31(40)11-12-32(37(30)41)46(2)36(49)23-43-35(48)13-8-26-6-9-28(10-7-26)45-39(50)27-14-16-42-17-15-27;/h3-17,22H,18-21,23-24H2,1-2H3,(H,43,48)(H,45,50);1H/b13-8+;. The van der Waals surface area contributed by atoms with Gasteiger partial charge in [-0.2, -0.15) is 0 Å². The molecule has 1 fully saturated rings. The normalized spacial score (nSPS) is 12.6. The molecule has 0 radical (unpaired) electrons. The number of amides is 3. The number of hydrogen-bond donors (Lipinski definition) is 2. The summed E-state index contributed by atoms with van der Waals surface area (Å²) in [4.78, 5) is 50.4. The molecule has 1 aliphatic rings. The highest BCUT2D eigenvalue weighted by Gasteiger charge is 2.21. The molecule has 2 N–H and O–H groups in total. The fraction of sp³-hybridized carbons (Fsp3) is 0.205. The van der Waals surface area contributed by atoms with Crippen LogP contribution in [0.1, 0.15) is 27.2 Å². The van der Waals surface area contributed by atoms with Crippen LogP contribution in [-0.2, 0) is 20.9 Å². The van der Waals surface area contributed by atoms with Crippen LogP contribution in [0.3, 0.4) is 0 Å². The zero-order valence-electron chi connectivity index (χ0n) is 29.0. The summed E-state index contributed by atoms with van der Waals surface area (Å²) in [5.41, 5.74) is 5.42. The van der Waals surface area contributed by atoms with Gasteiger partial charge in [0, 0.05) is 77.2 Å². The topological polar surface area (TPSA) is 126 Å². The summed E-state index contributed by atoms with van der Waals surface area (Å²) in [6, 6.07) is 21.4. The second kappa shape index (κ2) is 18.0. The number of nitrogens with one attached hydrogen (secondary N) is 2. The van der Waals surface area contributed by atoms with Crippen molar-refractivity contribution in [2.45, 2.75) is 13.5 Å².